The van der Waals surface area contributed by atoms with E-state index in [1.165, 1.54) is 28.8 Å². The van der Waals surface area contributed by atoms with Crippen LogP contribution in [0.3, 0.4) is 0 Å². The van der Waals surface area contributed by atoms with E-state index in [0.717, 1.165) is 18.7 Å². The molecule has 32 heavy (non-hydrogen) atoms. The van der Waals surface area contributed by atoms with Crippen molar-refractivity contribution >= 4 is 17.2 Å². The number of methoxy groups -OCH3 is 1. The van der Waals surface area contributed by atoms with Crippen molar-refractivity contribution in [1.82, 2.24) is 9.80 Å². The molecule has 1 aliphatic heterocycles. The summed E-state index contributed by atoms with van der Waals surface area (Å²) in [5.74, 6) is 1.57. The molecule has 2 aliphatic rings. The lowest BCUT2D eigenvalue weighted by Crippen LogP contribution is -2.48. The number of ether oxygens (including phenoxy) is 2. The van der Waals surface area contributed by atoms with Crippen LogP contribution >= 0.6 is 11.3 Å². The molecule has 2 atom stereocenters. The fourth-order valence-electron chi connectivity index (χ4n) is 4.38. The highest BCUT2D eigenvalue weighted by atomic mass is 32.1. The first kappa shape index (κ1) is 23.2. The van der Waals surface area contributed by atoms with Crippen LogP contribution in [-0.2, 0) is 16.0 Å². The van der Waals surface area contributed by atoms with E-state index >= 15 is 0 Å². The number of benzene rings is 1. The fourth-order valence-corrected chi connectivity index (χ4v) is 5.31. The highest BCUT2D eigenvalue weighted by Gasteiger charge is 2.34. The summed E-state index contributed by atoms with van der Waals surface area (Å²) < 4.78 is 11.2. The van der Waals surface area contributed by atoms with E-state index in [0.29, 0.717) is 32.2 Å². The van der Waals surface area contributed by atoms with Crippen molar-refractivity contribution in [1.29, 1.82) is 0 Å². The Hall–Kier alpha value is -1.93. The second-order valence-corrected chi connectivity index (χ2v) is 10.0. The number of thiophene rings is 1. The van der Waals surface area contributed by atoms with E-state index in [-0.39, 0.29) is 18.6 Å². The van der Waals surface area contributed by atoms with Gasteiger partial charge in [-0.15, -0.1) is 11.3 Å². The summed E-state index contributed by atoms with van der Waals surface area (Å²) in [6.07, 6.45) is 2.71. The molecule has 0 spiro atoms. The van der Waals surface area contributed by atoms with Crippen LogP contribution in [0, 0.1) is 12.8 Å². The first-order valence-corrected chi connectivity index (χ1v) is 12.4. The van der Waals surface area contributed by atoms with Crippen molar-refractivity contribution in [2.45, 2.75) is 38.3 Å². The quantitative estimate of drug-likeness (QED) is 0.560. The molecule has 0 bridgehead atoms. The lowest BCUT2D eigenvalue weighted by molar-refractivity contribution is -0.136. The molecule has 4 rings (SSSR count). The van der Waals surface area contributed by atoms with Crippen molar-refractivity contribution in [2.24, 2.45) is 5.92 Å². The number of rotatable bonds is 11. The molecule has 1 aliphatic carbocycles. The fraction of sp³-hybridized carbons (Fsp3) is 0.560. The number of hydrogen-bond donors (Lipinski definition) is 1. The van der Waals surface area contributed by atoms with Gasteiger partial charge in [0.2, 0.25) is 5.91 Å². The first-order chi connectivity index (χ1) is 15.5. The molecule has 7 heteroatoms. The SMILES string of the molecule is COCC(O)CN(CC(=O)N1CCc2sccc2C1COc1ccc(C)cc1)CC1CC1. The highest BCUT2D eigenvalue weighted by molar-refractivity contribution is 7.10. The van der Waals surface area contributed by atoms with Crippen molar-refractivity contribution in [3.8, 4) is 5.75 Å². The second kappa shape index (κ2) is 10.8. The number of aryl methyl sites for hydroxylation is 1. The minimum Gasteiger partial charge on any atom is -0.491 e. The number of aliphatic hydroxyl groups excluding tert-OH is 1. The molecule has 1 fully saturated rings. The van der Waals surface area contributed by atoms with Crippen LogP contribution in [-0.4, -0.2) is 73.4 Å². The van der Waals surface area contributed by atoms with Crippen LogP contribution in [0.15, 0.2) is 35.7 Å². The normalized spacial score (nSPS) is 19.1. The van der Waals surface area contributed by atoms with Crippen molar-refractivity contribution < 1.29 is 19.4 Å². The van der Waals surface area contributed by atoms with Gasteiger partial charge in [-0.3, -0.25) is 9.69 Å². The molecule has 6 nitrogen and oxygen atoms in total. The minimum atomic E-state index is -0.586. The monoisotopic (exact) mass is 458 g/mol. The third-order valence-corrected chi connectivity index (χ3v) is 7.24. The van der Waals surface area contributed by atoms with Gasteiger partial charge in [-0.1, -0.05) is 17.7 Å². The third kappa shape index (κ3) is 6.10. The predicted molar refractivity (Wildman–Crippen MR) is 126 cm³/mol. The Balaban J connectivity index is 1.44. The van der Waals surface area contributed by atoms with Crippen LogP contribution in [0.2, 0.25) is 0 Å². The molecule has 2 unspecified atom stereocenters. The summed E-state index contributed by atoms with van der Waals surface area (Å²) in [4.78, 5) is 18.9. The smallest absolute Gasteiger partial charge is 0.237 e. The molecule has 2 heterocycles. The number of carbonyl (C=O) groups is 1. The average molecular weight is 459 g/mol. The Bertz CT molecular complexity index is 880. The lowest BCUT2D eigenvalue weighted by atomic mass is 10.0. The van der Waals surface area contributed by atoms with Gasteiger partial charge in [-0.25, -0.2) is 0 Å². The van der Waals surface area contributed by atoms with Gasteiger partial charge in [0.05, 0.1) is 25.3 Å². The van der Waals surface area contributed by atoms with Crippen LogP contribution < -0.4 is 4.74 Å². The number of nitrogens with zero attached hydrogens (tertiary/aromatic N) is 2. The summed E-state index contributed by atoms with van der Waals surface area (Å²) in [6.45, 7) is 5.11. The van der Waals surface area contributed by atoms with Gasteiger partial charge in [-0.05, 0) is 61.2 Å². The highest BCUT2D eigenvalue weighted by Crippen LogP contribution is 2.34. The Kier molecular flexibility index (Phi) is 7.84. The summed E-state index contributed by atoms with van der Waals surface area (Å²) >= 11 is 1.76. The van der Waals surface area contributed by atoms with Crippen molar-refractivity contribution in [2.75, 3.05) is 46.5 Å². The molecular weight excluding hydrogens is 424 g/mol. The maximum atomic E-state index is 13.5. The van der Waals surface area contributed by atoms with Gasteiger partial charge < -0.3 is 19.5 Å². The summed E-state index contributed by atoms with van der Waals surface area (Å²) in [5.41, 5.74) is 2.40. The van der Waals surface area contributed by atoms with Gasteiger partial charge in [0.1, 0.15) is 12.4 Å². The van der Waals surface area contributed by atoms with E-state index in [1.807, 2.05) is 29.2 Å². The Labute approximate surface area is 194 Å². The minimum absolute atomic E-state index is 0.0922. The van der Waals surface area contributed by atoms with E-state index < -0.39 is 6.10 Å². The van der Waals surface area contributed by atoms with Gasteiger partial charge in [0.25, 0.3) is 0 Å². The number of amides is 1. The van der Waals surface area contributed by atoms with E-state index in [4.69, 9.17) is 9.47 Å². The van der Waals surface area contributed by atoms with Crippen LogP contribution in [0.25, 0.3) is 0 Å². The summed E-state index contributed by atoms with van der Waals surface area (Å²) in [6, 6.07) is 10.1. The molecule has 0 radical (unpaired) electrons. The Morgan fingerprint density at radius 2 is 2.06 bits per heavy atom. The largest absolute Gasteiger partial charge is 0.491 e. The molecule has 1 saturated carbocycles. The van der Waals surface area contributed by atoms with Crippen molar-refractivity contribution in [3.05, 3.63) is 51.7 Å². The summed E-state index contributed by atoms with van der Waals surface area (Å²) in [7, 11) is 1.59. The van der Waals surface area contributed by atoms with Crippen LogP contribution in [0.5, 0.6) is 5.75 Å². The van der Waals surface area contributed by atoms with Gasteiger partial charge >= 0.3 is 0 Å². The predicted octanol–water partition coefficient (Wildman–Crippen LogP) is 3.28. The molecule has 1 aromatic heterocycles. The molecule has 0 saturated heterocycles. The van der Waals surface area contributed by atoms with Gasteiger partial charge in [0.15, 0.2) is 0 Å². The number of carbonyl (C=O) groups excluding carboxylic acids is 1. The summed E-state index contributed by atoms with van der Waals surface area (Å²) in [5, 5.41) is 12.4. The maximum absolute atomic E-state index is 13.5. The molecule has 2 aromatic rings. The van der Waals surface area contributed by atoms with Crippen LogP contribution in [0.1, 0.15) is 34.9 Å². The zero-order valence-electron chi connectivity index (χ0n) is 19.0. The molecule has 1 N–H and O–H groups in total. The standard InChI is InChI=1S/C25H34N2O4S/c1-18-3-7-21(8-4-18)31-17-23-22-10-12-32-24(22)9-11-27(23)25(29)15-26(13-19-5-6-19)14-20(28)16-30-2/h3-4,7-8,10,12,19-20,23,28H,5-6,9,11,13-17H2,1-2H3. The number of fused-ring (bicyclic) bond motifs is 1. The zero-order chi connectivity index (χ0) is 22.5. The number of aliphatic hydroxyl groups is 1. The van der Waals surface area contributed by atoms with Gasteiger partial charge in [-0.2, -0.15) is 0 Å². The van der Waals surface area contributed by atoms with Crippen LogP contribution in [0.4, 0.5) is 0 Å². The second-order valence-electron chi connectivity index (χ2n) is 9.02. The molecule has 1 amide bonds. The maximum Gasteiger partial charge on any atom is 0.237 e. The van der Waals surface area contributed by atoms with E-state index in [1.54, 1.807) is 18.4 Å². The Morgan fingerprint density at radius 1 is 1.28 bits per heavy atom. The molecule has 1 aromatic carbocycles. The average Bonchev–Trinajstić information content (AvgIpc) is 3.45. The van der Waals surface area contributed by atoms with E-state index in [2.05, 4.69) is 23.3 Å². The lowest BCUT2D eigenvalue weighted by Gasteiger charge is -2.37. The van der Waals surface area contributed by atoms with Crippen molar-refractivity contribution in [3.63, 3.8) is 0 Å². The van der Waals surface area contributed by atoms with E-state index in [9.17, 15) is 9.90 Å². The Morgan fingerprint density at radius 3 is 2.78 bits per heavy atom. The zero-order valence-corrected chi connectivity index (χ0v) is 19.9. The molecular formula is C25H34N2O4S. The van der Waals surface area contributed by atoms with Gasteiger partial charge in [0, 0.05) is 31.6 Å². The third-order valence-electron chi connectivity index (χ3n) is 6.24. The topological polar surface area (TPSA) is 62.2 Å². The first-order valence-electron chi connectivity index (χ1n) is 11.5. The molecule has 174 valence electrons. The number of hydrogen-bond acceptors (Lipinski definition) is 6.